The number of hydrogen-bond acceptors (Lipinski definition) is 4. The van der Waals surface area contributed by atoms with E-state index in [1.54, 1.807) is 4.90 Å². The first-order valence-electron chi connectivity index (χ1n) is 7.52. The number of aryl methyl sites for hydroxylation is 1. The lowest BCUT2D eigenvalue weighted by Gasteiger charge is -2.46. The maximum atomic E-state index is 12.4. The minimum Gasteiger partial charge on any atom is -0.375 e. The number of nitrogens with zero attached hydrogens (tertiary/aromatic N) is 1. The van der Waals surface area contributed by atoms with E-state index in [-0.39, 0.29) is 18.4 Å². The Hall–Kier alpha value is -2.08. The largest absolute Gasteiger partial charge is 0.375 e. The van der Waals surface area contributed by atoms with E-state index in [9.17, 15) is 9.59 Å². The Morgan fingerprint density at radius 3 is 2.73 bits per heavy atom. The van der Waals surface area contributed by atoms with Gasteiger partial charge in [-0.25, -0.2) is 0 Å². The molecule has 118 valence electrons. The lowest BCUT2D eigenvalue weighted by molar-refractivity contribution is -0.136. The van der Waals surface area contributed by atoms with Gasteiger partial charge in [0.15, 0.2) is 0 Å². The van der Waals surface area contributed by atoms with Crippen LogP contribution in [0.5, 0.6) is 0 Å². The molecule has 2 amide bonds. The molecule has 2 aliphatic heterocycles. The van der Waals surface area contributed by atoms with Crippen LogP contribution in [0.1, 0.15) is 28.8 Å². The number of fused-ring (bicyclic) bond motifs is 1. The highest BCUT2D eigenvalue weighted by atomic mass is 16.5. The van der Waals surface area contributed by atoms with Crippen molar-refractivity contribution in [1.82, 2.24) is 10.2 Å². The fourth-order valence-corrected chi connectivity index (χ4v) is 3.18. The first-order valence-corrected chi connectivity index (χ1v) is 7.52. The third-order valence-electron chi connectivity index (χ3n) is 4.47. The molecule has 1 aromatic rings. The standard InChI is InChI=1S/C16H21N3O3/c1-11-4-3-5-12-14(11)17-16(18-15(12)21)6-8-19(9-7-16)13(20)10-22-2/h3-5,17H,6-10H2,1-2H3,(H,18,21). The lowest BCUT2D eigenvalue weighted by Crippen LogP contribution is -2.63. The van der Waals surface area contributed by atoms with Gasteiger partial charge in [0.1, 0.15) is 12.3 Å². The van der Waals surface area contributed by atoms with Crippen molar-refractivity contribution in [3.05, 3.63) is 29.3 Å². The quantitative estimate of drug-likeness (QED) is 0.859. The normalized spacial score (nSPS) is 19.4. The number of likely N-dealkylation sites (tertiary alicyclic amines) is 1. The molecule has 0 saturated carbocycles. The van der Waals surface area contributed by atoms with Gasteiger partial charge in [0, 0.05) is 33.0 Å². The molecule has 0 aromatic heterocycles. The van der Waals surface area contributed by atoms with E-state index in [4.69, 9.17) is 4.74 Å². The van der Waals surface area contributed by atoms with Crippen LogP contribution in [0.3, 0.4) is 0 Å². The molecule has 0 aliphatic carbocycles. The number of anilines is 1. The number of piperidine rings is 1. The number of para-hydroxylation sites is 1. The Morgan fingerprint density at radius 1 is 1.32 bits per heavy atom. The number of hydrogen-bond donors (Lipinski definition) is 2. The van der Waals surface area contributed by atoms with Gasteiger partial charge in [-0.1, -0.05) is 12.1 Å². The van der Waals surface area contributed by atoms with Crippen LogP contribution in [0.4, 0.5) is 5.69 Å². The number of nitrogens with one attached hydrogen (secondary N) is 2. The van der Waals surface area contributed by atoms with Crippen molar-refractivity contribution < 1.29 is 14.3 Å². The molecule has 1 saturated heterocycles. The first kappa shape index (κ1) is 14.8. The van der Waals surface area contributed by atoms with E-state index in [2.05, 4.69) is 10.6 Å². The summed E-state index contributed by atoms with van der Waals surface area (Å²) in [7, 11) is 1.52. The molecular formula is C16H21N3O3. The average molecular weight is 303 g/mol. The lowest BCUT2D eigenvalue weighted by atomic mass is 9.91. The number of methoxy groups -OCH3 is 1. The zero-order chi connectivity index (χ0) is 15.7. The Balaban J connectivity index is 1.76. The van der Waals surface area contributed by atoms with E-state index < -0.39 is 5.66 Å². The minimum absolute atomic E-state index is 0.00364. The van der Waals surface area contributed by atoms with E-state index in [1.807, 2.05) is 25.1 Å². The van der Waals surface area contributed by atoms with Crippen molar-refractivity contribution in [2.75, 3.05) is 32.1 Å². The molecule has 0 bridgehead atoms. The summed E-state index contributed by atoms with van der Waals surface area (Å²) < 4.78 is 4.90. The number of ether oxygens (including phenoxy) is 1. The van der Waals surface area contributed by atoms with E-state index in [0.29, 0.717) is 31.5 Å². The smallest absolute Gasteiger partial charge is 0.255 e. The molecule has 6 nitrogen and oxygen atoms in total. The molecule has 2 heterocycles. The Labute approximate surface area is 129 Å². The second-order valence-electron chi connectivity index (χ2n) is 5.97. The van der Waals surface area contributed by atoms with Gasteiger partial charge in [0.05, 0.1) is 11.3 Å². The van der Waals surface area contributed by atoms with Gasteiger partial charge in [-0.15, -0.1) is 0 Å². The van der Waals surface area contributed by atoms with Crippen LogP contribution < -0.4 is 10.6 Å². The predicted molar refractivity (Wildman–Crippen MR) is 82.7 cm³/mol. The van der Waals surface area contributed by atoms with Gasteiger partial charge >= 0.3 is 0 Å². The summed E-state index contributed by atoms with van der Waals surface area (Å²) >= 11 is 0. The number of carbonyl (C=O) groups excluding carboxylic acids is 2. The third-order valence-corrected chi connectivity index (χ3v) is 4.47. The van der Waals surface area contributed by atoms with Crippen LogP contribution in [0, 0.1) is 6.92 Å². The highest BCUT2D eigenvalue weighted by molar-refractivity contribution is 6.02. The Bertz CT molecular complexity index is 607. The molecule has 0 radical (unpaired) electrons. The molecule has 1 aromatic carbocycles. The number of benzene rings is 1. The molecule has 6 heteroatoms. The first-order chi connectivity index (χ1) is 10.5. The summed E-state index contributed by atoms with van der Waals surface area (Å²) in [5.41, 5.74) is 2.19. The summed E-state index contributed by atoms with van der Waals surface area (Å²) in [6.07, 6.45) is 1.37. The van der Waals surface area contributed by atoms with Crippen molar-refractivity contribution in [3.63, 3.8) is 0 Å². The van der Waals surface area contributed by atoms with Gasteiger partial charge in [-0.3, -0.25) is 9.59 Å². The molecule has 3 rings (SSSR count). The topological polar surface area (TPSA) is 70.7 Å². The molecule has 1 spiro atoms. The fraction of sp³-hybridized carbons (Fsp3) is 0.500. The second kappa shape index (κ2) is 5.61. The molecule has 2 N–H and O–H groups in total. The van der Waals surface area contributed by atoms with Crippen molar-refractivity contribution in [2.24, 2.45) is 0 Å². The number of carbonyl (C=O) groups is 2. The van der Waals surface area contributed by atoms with Gasteiger partial charge in [0.2, 0.25) is 5.91 Å². The second-order valence-corrected chi connectivity index (χ2v) is 5.97. The third kappa shape index (κ3) is 2.54. The van der Waals surface area contributed by atoms with Gasteiger partial charge < -0.3 is 20.3 Å². The van der Waals surface area contributed by atoms with Gasteiger partial charge in [0.25, 0.3) is 5.91 Å². The summed E-state index contributed by atoms with van der Waals surface area (Å²) in [4.78, 5) is 26.0. The zero-order valence-electron chi connectivity index (χ0n) is 12.9. The van der Waals surface area contributed by atoms with Gasteiger partial charge in [-0.05, 0) is 18.6 Å². The monoisotopic (exact) mass is 303 g/mol. The average Bonchev–Trinajstić information content (AvgIpc) is 2.49. The van der Waals surface area contributed by atoms with Crippen LogP contribution in [0.25, 0.3) is 0 Å². The van der Waals surface area contributed by atoms with Crippen LogP contribution in [0.15, 0.2) is 18.2 Å². The predicted octanol–water partition coefficient (Wildman–Crippen LogP) is 1.12. The minimum atomic E-state index is -0.458. The van der Waals surface area contributed by atoms with Crippen LogP contribution in [0.2, 0.25) is 0 Å². The van der Waals surface area contributed by atoms with Crippen LogP contribution in [-0.4, -0.2) is 49.2 Å². The molecule has 0 unspecified atom stereocenters. The molecule has 1 fully saturated rings. The highest BCUT2D eigenvalue weighted by Gasteiger charge is 2.41. The highest BCUT2D eigenvalue weighted by Crippen LogP contribution is 2.33. The van der Waals surface area contributed by atoms with E-state index in [1.165, 1.54) is 7.11 Å². The Morgan fingerprint density at radius 2 is 2.05 bits per heavy atom. The summed E-state index contributed by atoms with van der Waals surface area (Å²) in [5, 5.41) is 6.59. The number of rotatable bonds is 2. The SMILES string of the molecule is COCC(=O)N1CCC2(CC1)NC(=O)c1cccc(C)c1N2. The molecule has 2 aliphatic rings. The number of amides is 2. The van der Waals surface area contributed by atoms with E-state index >= 15 is 0 Å². The van der Waals surface area contributed by atoms with Gasteiger partial charge in [-0.2, -0.15) is 0 Å². The molecule has 22 heavy (non-hydrogen) atoms. The Kier molecular flexibility index (Phi) is 3.78. The molecular weight excluding hydrogens is 282 g/mol. The van der Waals surface area contributed by atoms with Crippen LogP contribution >= 0.6 is 0 Å². The van der Waals surface area contributed by atoms with Crippen molar-refractivity contribution in [1.29, 1.82) is 0 Å². The summed E-state index contributed by atoms with van der Waals surface area (Å²) in [6, 6.07) is 5.71. The fourth-order valence-electron chi connectivity index (χ4n) is 3.18. The summed E-state index contributed by atoms with van der Waals surface area (Å²) in [5.74, 6) is -0.0508. The van der Waals surface area contributed by atoms with Crippen LogP contribution in [-0.2, 0) is 9.53 Å². The van der Waals surface area contributed by atoms with E-state index in [0.717, 1.165) is 11.3 Å². The molecule has 0 atom stereocenters. The van der Waals surface area contributed by atoms with Crippen molar-refractivity contribution in [3.8, 4) is 0 Å². The maximum absolute atomic E-state index is 12.4. The van der Waals surface area contributed by atoms with Crippen molar-refractivity contribution in [2.45, 2.75) is 25.4 Å². The van der Waals surface area contributed by atoms with Crippen molar-refractivity contribution >= 4 is 17.5 Å². The zero-order valence-corrected chi connectivity index (χ0v) is 12.9. The summed E-state index contributed by atoms with van der Waals surface area (Å²) in [6.45, 7) is 3.32. The maximum Gasteiger partial charge on any atom is 0.255 e.